The Balaban J connectivity index is 1.76. The van der Waals surface area contributed by atoms with Crippen LogP contribution in [0.15, 0.2) is 41.8 Å². The Hall–Kier alpha value is -4.66. The number of guanidine groups is 1. The summed E-state index contributed by atoms with van der Waals surface area (Å²) in [5, 5.41) is 24.4. The van der Waals surface area contributed by atoms with Gasteiger partial charge in [0.2, 0.25) is 17.7 Å². The summed E-state index contributed by atoms with van der Waals surface area (Å²) in [5.74, 6) is -2.95. The van der Waals surface area contributed by atoms with Gasteiger partial charge in [-0.05, 0) is 49.8 Å². The number of aromatic nitrogens is 2. The zero-order chi connectivity index (χ0) is 29.9. The Morgan fingerprint density at radius 3 is 2.44 bits per heavy atom. The van der Waals surface area contributed by atoms with E-state index in [-0.39, 0.29) is 44.1 Å². The van der Waals surface area contributed by atoms with E-state index in [1.807, 2.05) is 0 Å². The number of carboxylic acid groups (broad SMARTS) is 1. The van der Waals surface area contributed by atoms with Crippen LogP contribution in [-0.4, -0.2) is 92.0 Å². The van der Waals surface area contributed by atoms with E-state index < -0.39 is 47.9 Å². The van der Waals surface area contributed by atoms with Crippen molar-refractivity contribution >= 4 is 29.7 Å². The largest absolute Gasteiger partial charge is 0.508 e. The van der Waals surface area contributed by atoms with Gasteiger partial charge in [-0.2, -0.15) is 0 Å². The number of phenols is 1. The molecule has 0 aliphatic carbocycles. The third-order valence-electron chi connectivity index (χ3n) is 6.72. The van der Waals surface area contributed by atoms with Crippen LogP contribution in [0.5, 0.6) is 5.75 Å². The lowest BCUT2D eigenvalue weighted by Gasteiger charge is -2.29. The van der Waals surface area contributed by atoms with Gasteiger partial charge in [-0.3, -0.25) is 19.4 Å². The number of H-pyrrole nitrogens is 1. The third-order valence-corrected chi connectivity index (χ3v) is 6.72. The molecule has 1 aliphatic rings. The molecule has 15 nitrogen and oxygen atoms in total. The van der Waals surface area contributed by atoms with Crippen molar-refractivity contribution < 1.29 is 29.4 Å². The minimum absolute atomic E-state index is 0.0302. The van der Waals surface area contributed by atoms with Gasteiger partial charge in [0.25, 0.3) is 0 Å². The number of carboxylic acids is 1. The predicted octanol–water partition coefficient (Wildman–Crippen LogP) is -1.67. The summed E-state index contributed by atoms with van der Waals surface area (Å²) < 4.78 is 0. The van der Waals surface area contributed by atoms with Crippen LogP contribution in [-0.2, 0) is 32.0 Å². The molecule has 0 spiro atoms. The van der Waals surface area contributed by atoms with Gasteiger partial charge >= 0.3 is 5.97 Å². The molecule has 2 aromatic rings. The Bertz CT molecular complexity index is 1210. The van der Waals surface area contributed by atoms with E-state index >= 15 is 0 Å². The molecule has 15 heteroatoms. The van der Waals surface area contributed by atoms with Gasteiger partial charge in [0, 0.05) is 31.4 Å². The summed E-state index contributed by atoms with van der Waals surface area (Å²) in [6.45, 7) is 0.446. The molecular weight excluding hydrogens is 534 g/mol. The Labute approximate surface area is 236 Å². The van der Waals surface area contributed by atoms with Crippen molar-refractivity contribution in [2.24, 2.45) is 22.2 Å². The Morgan fingerprint density at radius 1 is 1.10 bits per heavy atom. The van der Waals surface area contributed by atoms with Crippen molar-refractivity contribution in [1.82, 2.24) is 25.5 Å². The molecule has 11 N–H and O–H groups in total. The van der Waals surface area contributed by atoms with Crippen molar-refractivity contribution in [1.29, 1.82) is 0 Å². The number of likely N-dealkylation sites (tertiary alicyclic amines) is 1. The molecule has 1 saturated heterocycles. The van der Waals surface area contributed by atoms with Gasteiger partial charge in [0.1, 0.15) is 23.9 Å². The number of hydrogen-bond acceptors (Lipinski definition) is 8. The van der Waals surface area contributed by atoms with Gasteiger partial charge in [0.05, 0.1) is 12.4 Å². The molecule has 4 unspecified atom stereocenters. The smallest absolute Gasteiger partial charge is 0.326 e. The molecule has 1 fully saturated rings. The lowest BCUT2D eigenvalue weighted by atomic mass is 10.0. The number of nitrogens with two attached hydrogens (primary N) is 3. The van der Waals surface area contributed by atoms with E-state index in [9.17, 15) is 29.4 Å². The molecule has 3 rings (SSSR count). The standard InChI is InChI=1S/C26H37N9O6/c27-18(11-15-5-7-17(36)8-6-15)22(37)33-19(3-1-9-31-26(28)29)23(38)34-20(12-16-13-30-14-32-16)24(39)35-10-2-4-21(35)25(40)41/h5-8,13-14,18-21,36H,1-4,9-12,27H2,(H,30,32)(H,33,37)(H,34,38)(H,40,41)(H4,28,29,31). The van der Waals surface area contributed by atoms with Gasteiger partial charge in [0.15, 0.2) is 5.96 Å². The average molecular weight is 572 g/mol. The highest BCUT2D eigenvalue weighted by atomic mass is 16.4. The maximum absolute atomic E-state index is 13.5. The van der Waals surface area contributed by atoms with E-state index in [1.165, 1.54) is 29.6 Å². The molecule has 1 aromatic heterocycles. The summed E-state index contributed by atoms with van der Waals surface area (Å²) in [5.41, 5.74) is 18.1. The fourth-order valence-electron chi connectivity index (χ4n) is 4.61. The highest BCUT2D eigenvalue weighted by Crippen LogP contribution is 2.19. The van der Waals surface area contributed by atoms with Crippen LogP contribution in [0.2, 0.25) is 0 Å². The number of carbonyl (C=O) groups is 4. The number of aromatic amines is 1. The molecule has 41 heavy (non-hydrogen) atoms. The highest BCUT2D eigenvalue weighted by Gasteiger charge is 2.38. The predicted molar refractivity (Wildman–Crippen MR) is 148 cm³/mol. The zero-order valence-corrected chi connectivity index (χ0v) is 22.5. The maximum atomic E-state index is 13.5. The number of nitrogens with zero attached hydrogens (tertiary/aromatic N) is 3. The molecule has 1 aliphatic heterocycles. The second kappa shape index (κ2) is 14.6. The van der Waals surface area contributed by atoms with Crippen molar-refractivity contribution in [3.05, 3.63) is 48.0 Å². The van der Waals surface area contributed by atoms with E-state index in [2.05, 4.69) is 25.6 Å². The molecule has 222 valence electrons. The Morgan fingerprint density at radius 2 is 1.80 bits per heavy atom. The number of aliphatic carboxylic acids is 1. The third kappa shape index (κ3) is 9.20. The monoisotopic (exact) mass is 571 g/mol. The van der Waals surface area contributed by atoms with Crippen LogP contribution in [0.1, 0.15) is 36.9 Å². The minimum Gasteiger partial charge on any atom is -0.508 e. The number of benzene rings is 1. The number of nitrogens with one attached hydrogen (secondary N) is 3. The first kappa shape index (κ1) is 30.9. The van der Waals surface area contributed by atoms with Crippen molar-refractivity contribution in [3.63, 3.8) is 0 Å². The molecule has 1 aromatic carbocycles. The topological polar surface area (TPSA) is 255 Å². The average Bonchev–Trinajstić information content (AvgIpc) is 3.63. The number of aromatic hydroxyl groups is 1. The zero-order valence-electron chi connectivity index (χ0n) is 22.5. The van der Waals surface area contributed by atoms with E-state index in [0.29, 0.717) is 30.5 Å². The fraction of sp³-hybridized carbons (Fsp3) is 0.462. The van der Waals surface area contributed by atoms with Crippen molar-refractivity contribution in [2.45, 2.75) is 62.7 Å². The summed E-state index contributed by atoms with van der Waals surface area (Å²) in [4.78, 5) is 63.7. The lowest BCUT2D eigenvalue weighted by molar-refractivity contribution is -0.149. The van der Waals surface area contributed by atoms with Gasteiger partial charge < -0.3 is 47.9 Å². The fourth-order valence-corrected chi connectivity index (χ4v) is 4.61. The second-order valence-corrected chi connectivity index (χ2v) is 9.86. The first-order valence-electron chi connectivity index (χ1n) is 13.2. The summed E-state index contributed by atoms with van der Waals surface area (Å²) in [6, 6.07) is 2.02. The van der Waals surface area contributed by atoms with Crippen molar-refractivity contribution in [2.75, 3.05) is 13.1 Å². The second-order valence-electron chi connectivity index (χ2n) is 9.86. The molecule has 4 atom stereocenters. The number of amides is 3. The first-order valence-corrected chi connectivity index (χ1v) is 13.2. The van der Waals surface area contributed by atoms with Crippen LogP contribution >= 0.6 is 0 Å². The van der Waals surface area contributed by atoms with Gasteiger partial charge in [-0.15, -0.1) is 0 Å². The molecule has 2 heterocycles. The number of phenolic OH excluding ortho intramolecular Hbond substituents is 1. The summed E-state index contributed by atoms with van der Waals surface area (Å²) in [6.07, 6.45) is 4.41. The van der Waals surface area contributed by atoms with E-state index in [4.69, 9.17) is 17.2 Å². The summed E-state index contributed by atoms with van der Waals surface area (Å²) >= 11 is 0. The lowest BCUT2D eigenvalue weighted by Crippen LogP contribution is -2.57. The number of rotatable bonds is 14. The van der Waals surface area contributed by atoms with Crippen molar-refractivity contribution in [3.8, 4) is 5.75 Å². The normalized spacial score (nSPS) is 16.8. The molecule has 3 amide bonds. The quantitative estimate of drug-likeness (QED) is 0.0726. The molecule has 0 radical (unpaired) electrons. The number of aliphatic imine (C=N–C) groups is 1. The highest BCUT2D eigenvalue weighted by molar-refractivity contribution is 5.94. The summed E-state index contributed by atoms with van der Waals surface area (Å²) in [7, 11) is 0. The van der Waals surface area contributed by atoms with E-state index in [0.717, 1.165) is 0 Å². The van der Waals surface area contributed by atoms with Crippen LogP contribution < -0.4 is 27.8 Å². The number of carbonyl (C=O) groups excluding carboxylic acids is 3. The van der Waals surface area contributed by atoms with Gasteiger partial charge in [-0.25, -0.2) is 9.78 Å². The van der Waals surface area contributed by atoms with Crippen LogP contribution in [0.4, 0.5) is 0 Å². The van der Waals surface area contributed by atoms with E-state index in [1.54, 1.807) is 12.1 Å². The molecule has 0 saturated carbocycles. The van der Waals surface area contributed by atoms with Crippen LogP contribution in [0, 0.1) is 0 Å². The first-order chi connectivity index (χ1) is 19.5. The minimum atomic E-state index is -1.12. The van der Waals surface area contributed by atoms with Gasteiger partial charge in [-0.1, -0.05) is 12.1 Å². The maximum Gasteiger partial charge on any atom is 0.326 e. The molecule has 0 bridgehead atoms. The van der Waals surface area contributed by atoms with Crippen LogP contribution in [0.25, 0.3) is 0 Å². The number of hydrogen-bond donors (Lipinski definition) is 8. The Kier molecular flexibility index (Phi) is 11.0. The SMILES string of the molecule is NC(N)=NCCCC(NC(=O)C(N)Cc1ccc(O)cc1)C(=O)NC(Cc1cnc[nH]1)C(=O)N1CCCC1C(=O)O. The number of imidazole rings is 1. The molecular formula is C26H37N9O6. The van der Waals surface area contributed by atoms with Crippen LogP contribution in [0.3, 0.4) is 0 Å².